The number of halogens is 1. The molecule has 1 heterocycles. The van der Waals surface area contributed by atoms with Crippen molar-refractivity contribution in [3.63, 3.8) is 0 Å². The average Bonchev–Trinajstić information content (AvgIpc) is 3.55. The Bertz CT molecular complexity index is 1510. The second-order valence-electron chi connectivity index (χ2n) is 10.9. The van der Waals surface area contributed by atoms with Gasteiger partial charge >= 0.3 is 0 Å². The number of aromatic amines is 1. The lowest BCUT2D eigenvalue weighted by molar-refractivity contribution is -0.126. The summed E-state index contributed by atoms with van der Waals surface area (Å²) in [5.74, 6) is 0.190. The number of carbonyl (C=O) groups is 2. The van der Waals surface area contributed by atoms with Crippen LogP contribution >= 0.6 is 0 Å². The maximum absolute atomic E-state index is 14.3. The number of amides is 2. The van der Waals surface area contributed by atoms with Gasteiger partial charge in [0.2, 0.25) is 5.91 Å². The van der Waals surface area contributed by atoms with Gasteiger partial charge in [0.05, 0.1) is 14.2 Å². The molecule has 224 valence electrons. The second-order valence-corrected chi connectivity index (χ2v) is 10.9. The molecule has 0 aliphatic heterocycles. The molecule has 43 heavy (non-hydrogen) atoms. The van der Waals surface area contributed by atoms with Crippen LogP contribution in [0.3, 0.4) is 0 Å². The highest BCUT2D eigenvalue weighted by atomic mass is 19.1. The van der Waals surface area contributed by atoms with E-state index in [1.165, 1.54) is 12.1 Å². The average molecular weight is 584 g/mol. The van der Waals surface area contributed by atoms with Crippen LogP contribution in [0, 0.1) is 5.82 Å². The van der Waals surface area contributed by atoms with Gasteiger partial charge in [0.25, 0.3) is 5.91 Å². The Morgan fingerprint density at radius 2 is 1.63 bits per heavy atom. The van der Waals surface area contributed by atoms with Crippen LogP contribution in [0.5, 0.6) is 11.5 Å². The summed E-state index contributed by atoms with van der Waals surface area (Å²) >= 11 is 0. The number of methoxy groups -OCH3 is 2. The van der Waals surface area contributed by atoms with E-state index in [1.807, 2.05) is 54.6 Å². The van der Waals surface area contributed by atoms with Gasteiger partial charge in [-0.2, -0.15) is 0 Å². The third-order valence-electron chi connectivity index (χ3n) is 8.05. The van der Waals surface area contributed by atoms with Gasteiger partial charge in [-0.3, -0.25) is 9.59 Å². The molecule has 1 saturated carbocycles. The molecule has 2 amide bonds. The first-order valence-electron chi connectivity index (χ1n) is 14.8. The molecular formula is C35H38FN3O4. The second kappa shape index (κ2) is 14.1. The van der Waals surface area contributed by atoms with Crippen LogP contribution in [0.1, 0.15) is 59.8 Å². The smallest absolute Gasteiger partial charge is 0.271 e. The normalized spacial score (nSPS) is 14.1. The number of carbonyl (C=O) groups excluding carboxylic acids is 2. The fourth-order valence-corrected chi connectivity index (χ4v) is 5.74. The van der Waals surface area contributed by atoms with E-state index >= 15 is 0 Å². The van der Waals surface area contributed by atoms with Crippen LogP contribution in [0.25, 0.3) is 11.3 Å². The van der Waals surface area contributed by atoms with Gasteiger partial charge in [-0.15, -0.1) is 0 Å². The number of benzene rings is 3. The summed E-state index contributed by atoms with van der Waals surface area (Å²) < 4.78 is 24.9. The number of nitrogens with zero attached hydrogens (tertiary/aromatic N) is 1. The molecule has 1 aliphatic carbocycles. The maximum Gasteiger partial charge on any atom is 0.271 e. The summed E-state index contributed by atoms with van der Waals surface area (Å²) in [6.45, 7) is 0.230. The molecule has 1 aliphatic rings. The molecule has 4 aromatic rings. The van der Waals surface area contributed by atoms with Gasteiger partial charge in [-0.05, 0) is 72.4 Å². The van der Waals surface area contributed by atoms with Gasteiger partial charge in [0.15, 0.2) is 11.5 Å². The zero-order valence-corrected chi connectivity index (χ0v) is 24.6. The van der Waals surface area contributed by atoms with Crippen LogP contribution in [-0.4, -0.2) is 48.5 Å². The van der Waals surface area contributed by atoms with Crippen LogP contribution in [0.15, 0.2) is 84.9 Å². The first-order valence-corrected chi connectivity index (χ1v) is 14.8. The minimum Gasteiger partial charge on any atom is -0.493 e. The van der Waals surface area contributed by atoms with Crippen LogP contribution < -0.4 is 14.8 Å². The molecule has 1 fully saturated rings. The Hall–Kier alpha value is -4.59. The van der Waals surface area contributed by atoms with E-state index < -0.39 is 11.9 Å². The minimum atomic E-state index is -0.960. The lowest BCUT2D eigenvalue weighted by Crippen LogP contribution is -2.47. The van der Waals surface area contributed by atoms with E-state index in [-0.39, 0.29) is 24.4 Å². The van der Waals surface area contributed by atoms with Gasteiger partial charge in [0, 0.05) is 18.3 Å². The first-order chi connectivity index (χ1) is 21.0. The van der Waals surface area contributed by atoms with E-state index in [9.17, 15) is 14.0 Å². The highest BCUT2D eigenvalue weighted by molar-refractivity contribution is 5.97. The highest BCUT2D eigenvalue weighted by Crippen LogP contribution is 2.30. The molecule has 0 spiro atoms. The largest absolute Gasteiger partial charge is 0.493 e. The van der Waals surface area contributed by atoms with Crippen molar-refractivity contribution in [2.24, 2.45) is 0 Å². The Kier molecular flexibility index (Phi) is 9.77. The molecule has 1 atom stereocenters. The minimum absolute atomic E-state index is 0.0437. The van der Waals surface area contributed by atoms with Gasteiger partial charge in [-0.25, -0.2) is 4.39 Å². The lowest BCUT2D eigenvalue weighted by atomic mass is 9.94. The summed E-state index contributed by atoms with van der Waals surface area (Å²) in [5.41, 5.74) is 3.57. The van der Waals surface area contributed by atoms with Crippen molar-refractivity contribution in [3.05, 3.63) is 108 Å². The zero-order chi connectivity index (χ0) is 30.2. The topological polar surface area (TPSA) is 83.7 Å². The predicted molar refractivity (Wildman–Crippen MR) is 165 cm³/mol. The zero-order valence-electron chi connectivity index (χ0n) is 24.6. The summed E-state index contributed by atoms with van der Waals surface area (Å²) in [7, 11) is 3.16. The molecule has 0 unspecified atom stereocenters. The van der Waals surface area contributed by atoms with Gasteiger partial charge in [-0.1, -0.05) is 67.8 Å². The molecular weight excluding hydrogens is 545 g/mol. The highest BCUT2D eigenvalue weighted by Gasteiger charge is 2.34. The van der Waals surface area contributed by atoms with E-state index in [2.05, 4.69) is 10.3 Å². The van der Waals surface area contributed by atoms with E-state index in [0.717, 1.165) is 48.9 Å². The summed E-state index contributed by atoms with van der Waals surface area (Å²) in [6.07, 6.45) is 5.52. The molecule has 2 N–H and O–H groups in total. The Morgan fingerprint density at radius 1 is 0.907 bits per heavy atom. The number of H-pyrrole nitrogens is 1. The van der Waals surface area contributed by atoms with E-state index in [4.69, 9.17) is 9.47 Å². The van der Waals surface area contributed by atoms with Crippen molar-refractivity contribution in [3.8, 4) is 22.8 Å². The quantitative estimate of drug-likeness (QED) is 0.206. The molecule has 8 heteroatoms. The Balaban J connectivity index is 1.51. The van der Waals surface area contributed by atoms with E-state index in [1.54, 1.807) is 37.3 Å². The van der Waals surface area contributed by atoms with Crippen molar-refractivity contribution in [1.29, 1.82) is 0 Å². The van der Waals surface area contributed by atoms with Crippen LogP contribution in [0.2, 0.25) is 0 Å². The molecule has 7 nitrogen and oxygen atoms in total. The molecule has 0 bridgehead atoms. The number of nitrogens with one attached hydrogen (secondary N) is 2. The summed E-state index contributed by atoms with van der Waals surface area (Å²) in [6, 6.07) is 23.9. The monoisotopic (exact) mass is 583 g/mol. The fraction of sp³-hybridized carbons (Fsp3) is 0.314. The number of hydrogen-bond acceptors (Lipinski definition) is 4. The number of hydrogen-bond donors (Lipinski definition) is 2. The summed E-state index contributed by atoms with van der Waals surface area (Å²) in [4.78, 5) is 33.2. The van der Waals surface area contributed by atoms with Crippen molar-refractivity contribution in [1.82, 2.24) is 15.2 Å². The van der Waals surface area contributed by atoms with Crippen molar-refractivity contribution in [2.75, 3.05) is 20.8 Å². The number of ether oxygens (including phenoxy) is 2. The maximum atomic E-state index is 14.3. The third-order valence-corrected chi connectivity index (χ3v) is 8.05. The third kappa shape index (κ3) is 7.25. The van der Waals surface area contributed by atoms with Crippen molar-refractivity contribution in [2.45, 2.75) is 50.6 Å². The molecule has 1 aromatic heterocycles. The van der Waals surface area contributed by atoms with Gasteiger partial charge < -0.3 is 24.7 Å². The Morgan fingerprint density at radius 3 is 2.33 bits per heavy atom. The van der Waals surface area contributed by atoms with Gasteiger partial charge in [0.1, 0.15) is 17.6 Å². The van der Waals surface area contributed by atoms with Crippen molar-refractivity contribution < 1.29 is 23.5 Å². The predicted octanol–water partition coefficient (Wildman–Crippen LogP) is 6.71. The molecule has 3 aromatic carbocycles. The first kappa shape index (κ1) is 29.9. The standard InChI is InChI=1S/C35H38FN3O4/c1-42-31-20-13-24(23-32(31)43-2)21-22-39(35(41)30-19-18-29(38-30)25-9-5-3-6-10-25)33(26-14-16-27(36)17-15-26)34(40)37-28-11-7-4-8-12-28/h3,5-6,9-10,13-20,23,28,33,38H,4,7-8,11-12,21-22H2,1-2H3,(H,37,40)/t33-/m1/s1. The molecule has 5 rings (SSSR count). The lowest BCUT2D eigenvalue weighted by Gasteiger charge is -2.33. The fourth-order valence-electron chi connectivity index (χ4n) is 5.74. The SMILES string of the molecule is COc1ccc(CCN(C(=O)c2ccc(-c3ccccc3)[nH]2)[C@@H](C(=O)NC2CCCCC2)c2ccc(F)cc2)cc1OC. The number of aromatic nitrogens is 1. The van der Waals surface area contributed by atoms with Crippen molar-refractivity contribution >= 4 is 11.8 Å². The summed E-state index contributed by atoms with van der Waals surface area (Å²) in [5, 5.41) is 3.21. The molecule has 0 saturated heterocycles. The Labute approximate surface area is 252 Å². The molecule has 0 radical (unpaired) electrons. The number of rotatable bonds is 11. The van der Waals surface area contributed by atoms with Crippen LogP contribution in [0.4, 0.5) is 4.39 Å². The van der Waals surface area contributed by atoms with Crippen LogP contribution in [-0.2, 0) is 11.2 Å². The van der Waals surface area contributed by atoms with E-state index in [0.29, 0.717) is 29.2 Å².